The van der Waals surface area contributed by atoms with E-state index < -0.39 is 0 Å². The van der Waals surface area contributed by atoms with Gasteiger partial charge >= 0.3 is 0 Å². The third kappa shape index (κ3) is 3.21. The second-order valence-corrected chi connectivity index (χ2v) is 7.14. The normalized spacial score (nSPS) is 11.3. The van der Waals surface area contributed by atoms with Crippen LogP contribution in [0.4, 0.5) is 10.2 Å². The summed E-state index contributed by atoms with van der Waals surface area (Å²) in [7, 11) is 0. The van der Waals surface area contributed by atoms with Crippen molar-refractivity contribution in [1.82, 2.24) is 24.5 Å². The van der Waals surface area contributed by atoms with Crippen LogP contribution in [0.15, 0.2) is 30.3 Å². The molecule has 9 heteroatoms. The van der Waals surface area contributed by atoms with Crippen LogP contribution in [0.2, 0.25) is 0 Å². The molecular formula is C18H17FN6OS. The number of carbonyl (C=O) groups excluding carboxylic acids is 1. The first-order valence-electron chi connectivity index (χ1n) is 8.43. The van der Waals surface area contributed by atoms with Gasteiger partial charge in [-0.1, -0.05) is 11.3 Å². The maximum Gasteiger partial charge on any atom is 0.275 e. The molecule has 0 bridgehead atoms. The average molecular weight is 384 g/mol. The van der Waals surface area contributed by atoms with Gasteiger partial charge in [0.15, 0.2) is 0 Å². The van der Waals surface area contributed by atoms with E-state index in [1.807, 2.05) is 20.8 Å². The molecule has 0 fully saturated rings. The van der Waals surface area contributed by atoms with Crippen LogP contribution in [0, 0.1) is 19.7 Å². The van der Waals surface area contributed by atoms with E-state index in [0.717, 1.165) is 16.1 Å². The van der Waals surface area contributed by atoms with Gasteiger partial charge in [0.25, 0.3) is 5.91 Å². The molecule has 3 aromatic heterocycles. The van der Waals surface area contributed by atoms with E-state index in [9.17, 15) is 9.18 Å². The number of fused-ring (bicyclic) bond motifs is 1. The molecule has 7 nitrogen and oxygen atoms in total. The number of hydrogen-bond acceptors (Lipinski definition) is 5. The number of nitrogens with one attached hydrogen (secondary N) is 1. The Kier molecular flexibility index (Phi) is 4.23. The standard InChI is InChI=1S/C18H17FN6OS/c1-4-24-14(7-10(2)22-24)17(26)21-16-8-11(3)23-25(16)18-20-13-6-5-12(19)9-15(13)27-18/h5-9H,4H2,1-3H3,(H,21,26). The van der Waals surface area contributed by atoms with Gasteiger partial charge in [0, 0.05) is 12.6 Å². The van der Waals surface area contributed by atoms with Gasteiger partial charge in [-0.05, 0) is 45.0 Å². The smallest absolute Gasteiger partial charge is 0.275 e. The number of benzene rings is 1. The molecule has 1 aromatic carbocycles. The molecule has 0 aliphatic carbocycles. The Morgan fingerprint density at radius 3 is 2.74 bits per heavy atom. The van der Waals surface area contributed by atoms with Gasteiger partial charge in [0.1, 0.15) is 17.3 Å². The number of thiazole rings is 1. The first kappa shape index (κ1) is 17.3. The lowest BCUT2D eigenvalue weighted by Crippen LogP contribution is -2.19. The zero-order valence-electron chi connectivity index (χ0n) is 15.0. The summed E-state index contributed by atoms with van der Waals surface area (Å²) in [6.45, 7) is 6.20. The lowest BCUT2D eigenvalue weighted by molar-refractivity contribution is 0.101. The summed E-state index contributed by atoms with van der Waals surface area (Å²) in [5, 5.41) is 12.2. The number of amides is 1. The Balaban J connectivity index is 1.71. The van der Waals surface area contributed by atoms with Crippen LogP contribution in [0.5, 0.6) is 0 Å². The van der Waals surface area contributed by atoms with Gasteiger partial charge in [-0.3, -0.25) is 9.48 Å². The minimum Gasteiger partial charge on any atom is -0.305 e. The lowest BCUT2D eigenvalue weighted by atomic mass is 10.3. The molecule has 0 aliphatic rings. The van der Waals surface area contributed by atoms with E-state index in [0.29, 0.717) is 28.7 Å². The third-order valence-electron chi connectivity index (χ3n) is 4.03. The van der Waals surface area contributed by atoms with Crippen LogP contribution in [0.1, 0.15) is 28.8 Å². The van der Waals surface area contributed by atoms with Crippen molar-refractivity contribution in [1.29, 1.82) is 0 Å². The van der Waals surface area contributed by atoms with Crippen molar-refractivity contribution in [2.24, 2.45) is 0 Å². The summed E-state index contributed by atoms with van der Waals surface area (Å²) < 4.78 is 17.4. The Bertz CT molecular complexity index is 1160. The molecule has 0 saturated heterocycles. The highest BCUT2D eigenvalue weighted by Gasteiger charge is 2.18. The Morgan fingerprint density at radius 2 is 1.96 bits per heavy atom. The van der Waals surface area contributed by atoms with Crippen molar-refractivity contribution in [2.45, 2.75) is 27.3 Å². The molecule has 0 spiro atoms. The van der Waals surface area contributed by atoms with E-state index in [1.54, 1.807) is 27.6 Å². The second kappa shape index (κ2) is 6.58. The minimum absolute atomic E-state index is 0.272. The fraction of sp³-hybridized carbons (Fsp3) is 0.222. The van der Waals surface area contributed by atoms with Gasteiger partial charge in [-0.2, -0.15) is 14.9 Å². The van der Waals surface area contributed by atoms with E-state index in [4.69, 9.17) is 0 Å². The highest BCUT2D eigenvalue weighted by Crippen LogP contribution is 2.28. The van der Waals surface area contributed by atoms with Crippen molar-refractivity contribution in [3.8, 4) is 5.13 Å². The molecule has 0 saturated carbocycles. The molecule has 138 valence electrons. The first-order valence-corrected chi connectivity index (χ1v) is 9.25. The maximum absolute atomic E-state index is 13.5. The summed E-state index contributed by atoms with van der Waals surface area (Å²) >= 11 is 1.31. The van der Waals surface area contributed by atoms with Crippen molar-refractivity contribution >= 4 is 33.3 Å². The number of hydrogen-bond donors (Lipinski definition) is 1. The van der Waals surface area contributed by atoms with Crippen LogP contribution < -0.4 is 5.32 Å². The summed E-state index contributed by atoms with van der Waals surface area (Å²) in [5.41, 5.74) is 2.67. The zero-order valence-corrected chi connectivity index (χ0v) is 15.8. The molecule has 27 heavy (non-hydrogen) atoms. The molecule has 1 N–H and O–H groups in total. The van der Waals surface area contributed by atoms with Gasteiger partial charge in [0.05, 0.1) is 21.6 Å². The van der Waals surface area contributed by atoms with E-state index in [-0.39, 0.29) is 11.7 Å². The van der Waals surface area contributed by atoms with Crippen molar-refractivity contribution in [3.63, 3.8) is 0 Å². The number of carbonyl (C=O) groups is 1. The maximum atomic E-state index is 13.5. The number of anilines is 1. The Labute approximate surface area is 158 Å². The molecule has 0 unspecified atom stereocenters. The van der Waals surface area contributed by atoms with E-state index >= 15 is 0 Å². The number of halogens is 1. The third-order valence-corrected chi connectivity index (χ3v) is 5.02. The van der Waals surface area contributed by atoms with Gasteiger partial charge in [-0.15, -0.1) is 0 Å². The van der Waals surface area contributed by atoms with Crippen LogP contribution in [-0.4, -0.2) is 30.5 Å². The second-order valence-electron chi connectivity index (χ2n) is 6.13. The van der Waals surface area contributed by atoms with Crippen LogP contribution >= 0.6 is 11.3 Å². The molecule has 0 aliphatic heterocycles. The molecule has 4 aromatic rings. The molecule has 3 heterocycles. The summed E-state index contributed by atoms with van der Waals surface area (Å²) in [4.78, 5) is 17.2. The summed E-state index contributed by atoms with van der Waals surface area (Å²) in [6.07, 6.45) is 0. The average Bonchev–Trinajstić information content (AvgIpc) is 3.30. The van der Waals surface area contributed by atoms with Crippen LogP contribution in [-0.2, 0) is 6.54 Å². The van der Waals surface area contributed by atoms with E-state index in [1.165, 1.54) is 23.5 Å². The quantitative estimate of drug-likeness (QED) is 0.582. The topological polar surface area (TPSA) is 77.6 Å². The minimum atomic E-state index is -0.314. The molecule has 4 rings (SSSR count). The number of nitrogens with zero attached hydrogens (tertiary/aromatic N) is 5. The first-order chi connectivity index (χ1) is 12.9. The highest BCUT2D eigenvalue weighted by atomic mass is 32.1. The van der Waals surface area contributed by atoms with Gasteiger partial charge in [-0.25, -0.2) is 9.37 Å². The largest absolute Gasteiger partial charge is 0.305 e. The Morgan fingerprint density at radius 1 is 1.19 bits per heavy atom. The summed E-state index contributed by atoms with van der Waals surface area (Å²) in [5.74, 6) is -0.0876. The van der Waals surface area contributed by atoms with Crippen molar-refractivity contribution in [3.05, 3.63) is 53.2 Å². The monoisotopic (exact) mass is 384 g/mol. The number of aryl methyl sites for hydroxylation is 3. The SMILES string of the molecule is CCn1nc(C)cc1C(=O)Nc1cc(C)nn1-c1nc2ccc(F)cc2s1. The van der Waals surface area contributed by atoms with Crippen LogP contribution in [0.3, 0.4) is 0 Å². The summed E-state index contributed by atoms with van der Waals surface area (Å²) in [6, 6.07) is 7.95. The van der Waals surface area contributed by atoms with Gasteiger partial charge in [0.2, 0.25) is 5.13 Å². The van der Waals surface area contributed by atoms with Crippen molar-refractivity contribution < 1.29 is 9.18 Å². The predicted octanol–water partition coefficient (Wildman–Crippen LogP) is 3.71. The lowest BCUT2D eigenvalue weighted by Gasteiger charge is -2.07. The van der Waals surface area contributed by atoms with E-state index in [2.05, 4.69) is 20.5 Å². The zero-order chi connectivity index (χ0) is 19.1. The molecule has 1 amide bonds. The van der Waals surface area contributed by atoms with Crippen LogP contribution in [0.25, 0.3) is 15.3 Å². The number of rotatable bonds is 4. The fourth-order valence-corrected chi connectivity index (χ4v) is 3.82. The predicted molar refractivity (Wildman–Crippen MR) is 102 cm³/mol. The highest BCUT2D eigenvalue weighted by molar-refractivity contribution is 7.20. The fourth-order valence-electron chi connectivity index (χ4n) is 2.86. The van der Waals surface area contributed by atoms with Crippen molar-refractivity contribution in [2.75, 3.05) is 5.32 Å². The molecule has 0 atom stereocenters. The Hall–Kier alpha value is -3.07. The number of aromatic nitrogens is 5. The molecule has 0 radical (unpaired) electrons. The van der Waals surface area contributed by atoms with Gasteiger partial charge < -0.3 is 5.32 Å². The molecular weight excluding hydrogens is 367 g/mol.